The van der Waals surface area contributed by atoms with Crippen molar-refractivity contribution in [3.8, 4) is 0 Å². The minimum absolute atomic E-state index is 0.183. The summed E-state index contributed by atoms with van der Waals surface area (Å²) >= 11 is 3.31. The lowest BCUT2D eigenvalue weighted by atomic mass is 10.2. The van der Waals surface area contributed by atoms with Crippen LogP contribution < -0.4 is 5.32 Å². The summed E-state index contributed by atoms with van der Waals surface area (Å²) in [6.07, 6.45) is 0.596. The molecule has 1 aromatic rings. The molecule has 1 aromatic carbocycles. The number of rotatable bonds is 4. The van der Waals surface area contributed by atoms with Crippen LogP contribution in [-0.2, 0) is 14.4 Å². The van der Waals surface area contributed by atoms with E-state index < -0.39 is 0 Å². The van der Waals surface area contributed by atoms with Gasteiger partial charge in [-0.05, 0) is 24.3 Å². The molecule has 112 valence electrons. The van der Waals surface area contributed by atoms with Crippen molar-refractivity contribution in [2.24, 2.45) is 0 Å². The van der Waals surface area contributed by atoms with Crippen LogP contribution in [0.3, 0.4) is 0 Å². The zero-order chi connectivity index (χ0) is 15.2. The monoisotopic (exact) mass is 353 g/mol. The number of nitrogens with one attached hydrogen (secondary N) is 1. The minimum atomic E-state index is -0.333. The third-order valence-corrected chi connectivity index (χ3v) is 3.78. The number of carbonyl (C=O) groups is 3. The number of halogens is 1. The van der Waals surface area contributed by atoms with E-state index in [2.05, 4.69) is 21.2 Å². The zero-order valence-electron chi connectivity index (χ0n) is 11.4. The molecular weight excluding hydrogens is 338 g/mol. The number of anilines is 1. The van der Waals surface area contributed by atoms with Gasteiger partial charge in [0.25, 0.3) is 0 Å². The van der Waals surface area contributed by atoms with Gasteiger partial charge in [0.05, 0.1) is 0 Å². The summed E-state index contributed by atoms with van der Waals surface area (Å²) in [5.74, 6) is -0.546. The zero-order valence-corrected chi connectivity index (χ0v) is 13.0. The number of benzene rings is 1. The van der Waals surface area contributed by atoms with Crippen molar-refractivity contribution < 1.29 is 14.4 Å². The first kappa shape index (κ1) is 15.5. The van der Waals surface area contributed by atoms with Crippen LogP contribution in [0.4, 0.5) is 5.69 Å². The maximum absolute atomic E-state index is 12.0. The number of nitrogens with zero attached hydrogens (tertiary/aromatic N) is 2. The van der Waals surface area contributed by atoms with Crippen molar-refractivity contribution in [3.05, 3.63) is 28.7 Å². The van der Waals surface area contributed by atoms with Crippen LogP contribution in [-0.4, -0.2) is 54.2 Å². The van der Waals surface area contributed by atoms with Crippen molar-refractivity contribution in [3.63, 3.8) is 0 Å². The topological polar surface area (TPSA) is 69.7 Å². The Labute approximate surface area is 131 Å². The molecule has 6 nitrogen and oxygen atoms in total. The van der Waals surface area contributed by atoms with Gasteiger partial charge in [-0.2, -0.15) is 0 Å². The Morgan fingerprint density at radius 3 is 2.33 bits per heavy atom. The molecule has 2 rings (SSSR count). The van der Waals surface area contributed by atoms with Crippen LogP contribution >= 0.6 is 15.9 Å². The predicted octanol–water partition coefficient (Wildman–Crippen LogP) is 1.08. The molecule has 7 heteroatoms. The summed E-state index contributed by atoms with van der Waals surface area (Å²) in [6, 6.07) is 7.15. The molecule has 1 aliphatic rings. The van der Waals surface area contributed by atoms with Gasteiger partial charge in [-0.15, -0.1) is 0 Å². The largest absolute Gasteiger partial charge is 0.342 e. The average Bonchev–Trinajstić information content (AvgIpc) is 2.49. The van der Waals surface area contributed by atoms with E-state index in [-0.39, 0.29) is 18.2 Å². The van der Waals surface area contributed by atoms with Gasteiger partial charge in [0, 0.05) is 36.3 Å². The summed E-state index contributed by atoms with van der Waals surface area (Å²) in [5, 5.41) is 2.69. The number of hydrogen-bond donors (Lipinski definition) is 1. The third-order valence-electron chi connectivity index (χ3n) is 3.26. The molecule has 0 atom stereocenters. The molecule has 0 aromatic heterocycles. The highest BCUT2D eigenvalue weighted by Crippen LogP contribution is 2.14. The van der Waals surface area contributed by atoms with Crippen LogP contribution in [0.2, 0.25) is 0 Å². The standard InChI is InChI=1S/C14H16BrN3O3/c15-11-1-3-12(4-2-11)16-13(20)9-14(21)18-7-5-17(10-19)6-8-18/h1-4,10H,5-9H2,(H,16,20). The van der Waals surface area contributed by atoms with Crippen molar-refractivity contribution >= 4 is 39.8 Å². The Morgan fingerprint density at radius 1 is 1.14 bits per heavy atom. The molecule has 0 aliphatic carbocycles. The molecule has 0 saturated carbocycles. The van der Waals surface area contributed by atoms with Gasteiger partial charge < -0.3 is 15.1 Å². The van der Waals surface area contributed by atoms with Gasteiger partial charge in [-0.25, -0.2) is 0 Å². The van der Waals surface area contributed by atoms with Gasteiger partial charge in [0.2, 0.25) is 18.2 Å². The van der Waals surface area contributed by atoms with Crippen LogP contribution in [0.25, 0.3) is 0 Å². The Morgan fingerprint density at radius 2 is 1.76 bits per heavy atom. The molecule has 1 aliphatic heterocycles. The lowest BCUT2D eigenvalue weighted by molar-refractivity contribution is -0.137. The quantitative estimate of drug-likeness (QED) is 0.650. The van der Waals surface area contributed by atoms with E-state index >= 15 is 0 Å². The SMILES string of the molecule is O=CN1CCN(C(=O)CC(=O)Nc2ccc(Br)cc2)CC1. The fraction of sp³-hybridized carbons (Fsp3) is 0.357. The van der Waals surface area contributed by atoms with Crippen LogP contribution in [0, 0.1) is 0 Å². The van der Waals surface area contributed by atoms with Crippen LogP contribution in [0.1, 0.15) is 6.42 Å². The fourth-order valence-electron chi connectivity index (χ4n) is 2.06. The van der Waals surface area contributed by atoms with Crippen LogP contribution in [0.5, 0.6) is 0 Å². The first-order chi connectivity index (χ1) is 10.1. The van der Waals surface area contributed by atoms with Gasteiger partial charge in [0.15, 0.2) is 0 Å². The summed E-state index contributed by atoms with van der Waals surface area (Å²) in [5.41, 5.74) is 0.654. The second kappa shape index (κ2) is 7.21. The normalized spacial score (nSPS) is 14.7. The Balaban J connectivity index is 1.81. The number of hydrogen-bond acceptors (Lipinski definition) is 3. The number of piperazine rings is 1. The van der Waals surface area contributed by atoms with Gasteiger partial charge in [0.1, 0.15) is 6.42 Å². The summed E-state index contributed by atoms with van der Waals surface area (Å²) in [6.45, 7) is 1.99. The van der Waals surface area contributed by atoms with E-state index in [0.717, 1.165) is 10.9 Å². The van der Waals surface area contributed by atoms with Crippen molar-refractivity contribution in [2.75, 3.05) is 31.5 Å². The maximum atomic E-state index is 12.0. The molecule has 0 bridgehead atoms. The van der Waals surface area contributed by atoms with Gasteiger partial charge in [-0.3, -0.25) is 14.4 Å². The Kier molecular flexibility index (Phi) is 5.32. The van der Waals surface area contributed by atoms with E-state index in [0.29, 0.717) is 31.9 Å². The van der Waals surface area contributed by atoms with Crippen molar-refractivity contribution in [2.45, 2.75) is 6.42 Å². The average molecular weight is 354 g/mol. The smallest absolute Gasteiger partial charge is 0.233 e. The maximum Gasteiger partial charge on any atom is 0.233 e. The fourth-order valence-corrected chi connectivity index (χ4v) is 2.33. The molecule has 1 saturated heterocycles. The number of carbonyl (C=O) groups excluding carboxylic acids is 3. The van der Waals surface area contributed by atoms with E-state index in [1.165, 1.54) is 0 Å². The van der Waals surface area contributed by atoms with E-state index in [4.69, 9.17) is 0 Å². The molecule has 0 radical (unpaired) electrons. The summed E-state index contributed by atoms with van der Waals surface area (Å²) in [7, 11) is 0. The molecule has 1 heterocycles. The van der Waals surface area contributed by atoms with Crippen molar-refractivity contribution in [1.82, 2.24) is 9.80 Å². The molecule has 21 heavy (non-hydrogen) atoms. The molecule has 1 fully saturated rings. The lowest BCUT2D eigenvalue weighted by Gasteiger charge is -2.32. The Hall–Kier alpha value is -1.89. The first-order valence-corrected chi connectivity index (χ1v) is 7.40. The summed E-state index contributed by atoms with van der Waals surface area (Å²) < 4.78 is 0.921. The molecule has 0 unspecified atom stereocenters. The van der Waals surface area contributed by atoms with Crippen LogP contribution in [0.15, 0.2) is 28.7 Å². The highest BCUT2D eigenvalue weighted by molar-refractivity contribution is 9.10. The highest BCUT2D eigenvalue weighted by Gasteiger charge is 2.21. The van der Waals surface area contributed by atoms with Crippen molar-refractivity contribution in [1.29, 1.82) is 0 Å². The molecule has 0 spiro atoms. The minimum Gasteiger partial charge on any atom is -0.342 e. The third kappa shape index (κ3) is 4.56. The van der Waals surface area contributed by atoms with Gasteiger partial charge >= 0.3 is 0 Å². The Bertz CT molecular complexity index is 525. The van der Waals surface area contributed by atoms with Gasteiger partial charge in [-0.1, -0.05) is 15.9 Å². The lowest BCUT2D eigenvalue weighted by Crippen LogP contribution is -2.48. The summed E-state index contributed by atoms with van der Waals surface area (Å²) in [4.78, 5) is 37.7. The second-order valence-corrected chi connectivity index (χ2v) is 5.67. The predicted molar refractivity (Wildman–Crippen MR) is 81.6 cm³/mol. The van der Waals surface area contributed by atoms with E-state index in [1.807, 2.05) is 12.1 Å². The van der Waals surface area contributed by atoms with E-state index in [9.17, 15) is 14.4 Å². The highest BCUT2D eigenvalue weighted by atomic mass is 79.9. The van der Waals surface area contributed by atoms with E-state index in [1.54, 1.807) is 21.9 Å². The molecular formula is C14H16BrN3O3. The molecule has 1 N–H and O–H groups in total. The molecule has 3 amide bonds. The first-order valence-electron chi connectivity index (χ1n) is 6.61. The number of amides is 3. The second-order valence-electron chi connectivity index (χ2n) is 4.75.